The lowest BCUT2D eigenvalue weighted by Crippen LogP contribution is -2.05. The van der Waals surface area contributed by atoms with Crippen LogP contribution in [-0.4, -0.2) is 21.8 Å². The van der Waals surface area contributed by atoms with Crippen LogP contribution >= 0.6 is 0 Å². The van der Waals surface area contributed by atoms with E-state index in [-0.39, 0.29) is 6.61 Å². The van der Waals surface area contributed by atoms with Crippen LogP contribution in [0.15, 0.2) is 54.7 Å². The molecule has 0 spiro atoms. The minimum Gasteiger partial charge on any atom is -0.496 e. The molecule has 0 aliphatic rings. The fourth-order valence-electron chi connectivity index (χ4n) is 2.53. The maximum absolute atomic E-state index is 12.8. The van der Waals surface area contributed by atoms with Gasteiger partial charge in [0.25, 0.3) is 0 Å². The van der Waals surface area contributed by atoms with Gasteiger partial charge in [0.15, 0.2) is 0 Å². The number of nitrogens with zero attached hydrogens (tertiary/aromatic N) is 2. The second kappa shape index (κ2) is 6.60. The van der Waals surface area contributed by atoms with Gasteiger partial charge in [-0.05, 0) is 36.4 Å². The summed E-state index contributed by atoms with van der Waals surface area (Å²) in [6.07, 6.45) is -2.81. The fraction of sp³-hybridized carbons (Fsp3) is 0.167. The van der Waals surface area contributed by atoms with Crippen LogP contribution in [0.1, 0.15) is 11.3 Å². The molecule has 0 saturated carbocycles. The highest BCUT2D eigenvalue weighted by atomic mass is 19.4. The zero-order valence-corrected chi connectivity index (χ0v) is 13.3. The maximum Gasteiger partial charge on any atom is 0.416 e. The smallest absolute Gasteiger partial charge is 0.416 e. The second-order valence-electron chi connectivity index (χ2n) is 5.33. The Kier molecular flexibility index (Phi) is 4.50. The first-order valence-corrected chi connectivity index (χ1v) is 7.44. The Hall–Kier alpha value is -2.80. The third kappa shape index (κ3) is 3.36. The van der Waals surface area contributed by atoms with E-state index < -0.39 is 11.7 Å². The summed E-state index contributed by atoms with van der Waals surface area (Å²) in [6, 6.07) is 11.9. The number of benzene rings is 2. The minimum absolute atomic E-state index is 0.282. The van der Waals surface area contributed by atoms with Gasteiger partial charge >= 0.3 is 6.18 Å². The number of imidazole rings is 1. The van der Waals surface area contributed by atoms with E-state index in [9.17, 15) is 18.3 Å². The number of hydrogen-bond donors (Lipinski definition) is 1. The van der Waals surface area contributed by atoms with Gasteiger partial charge in [-0.2, -0.15) is 13.2 Å². The Balaban J connectivity index is 2.12. The number of aliphatic hydroxyl groups excluding tert-OH is 1. The van der Waals surface area contributed by atoms with E-state index in [0.717, 1.165) is 12.1 Å². The van der Waals surface area contributed by atoms with Crippen molar-refractivity contribution in [1.82, 2.24) is 9.55 Å². The van der Waals surface area contributed by atoms with Crippen molar-refractivity contribution in [2.45, 2.75) is 12.8 Å². The molecule has 0 saturated heterocycles. The summed E-state index contributed by atoms with van der Waals surface area (Å²) < 4.78 is 45.2. The van der Waals surface area contributed by atoms with Gasteiger partial charge in [0.05, 0.1) is 30.5 Å². The summed E-state index contributed by atoms with van der Waals surface area (Å²) in [4.78, 5) is 4.37. The summed E-state index contributed by atoms with van der Waals surface area (Å²) in [6.45, 7) is -0.282. The number of aromatic nitrogens is 2. The number of aliphatic hydroxyl groups is 1. The SMILES string of the molecule is COc1ccccc1-c1nc(CO)cn1-c1ccc(C(F)(F)F)cc1. The van der Waals surface area contributed by atoms with Gasteiger partial charge in [-0.15, -0.1) is 0 Å². The largest absolute Gasteiger partial charge is 0.496 e. The van der Waals surface area contributed by atoms with Crippen LogP contribution in [0.2, 0.25) is 0 Å². The molecule has 3 aromatic rings. The molecule has 0 fully saturated rings. The standard InChI is InChI=1S/C18H15F3N2O2/c1-25-16-5-3-2-4-15(16)17-22-13(11-24)10-23(17)14-8-6-12(7-9-14)18(19,20)21/h2-10,24H,11H2,1H3. The minimum atomic E-state index is -4.39. The molecule has 0 aliphatic carbocycles. The van der Waals surface area contributed by atoms with E-state index in [4.69, 9.17) is 4.74 Å². The first-order chi connectivity index (χ1) is 11.9. The molecular weight excluding hydrogens is 333 g/mol. The molecule has 0 bridgehead atoms. The van der Waals surface area contributed by atoms with Crippen molar-refractivity contribution in [1.29, 1.82) is 0 Å². The molecule has 2 aromatic carbocycles. The van der Waals surface area contributed by atoms with Gasteiger partial charge in [-0.25, -0.2) is 4.98 Å². The lowest BCUT2D eigenvalue weighted by atomic mass is 10.1. The van der Waals surface area contributed by atoms with Crippen molar-refractivity contribution in [3.8, 4) is 22.8 Å². The topological polar surface area (TPSA) is 47.3 Å². The second-order valence-corrected chi connectivity index (χ2v) is 5.33. The Bertz CT molecular complexity index is 871. The average Bonchev–Trinajstić information content (AvgIpc) is 3.05. The number of hydrogen-bond acceptors (Lipinski definition) is 3. The highest BCUT2D eigenvalue weighted by Gasteiger charge is 2.30. The molecule has 4 nitrogen and oxygen atoms in total. The molecule has 1 aromatic heterocycles. The van der Waals surface area contributed by atoms with E-state index in [0.29, 0.717) is 28.5 Å². The van der Waals surface area contributed by atoms with Gasteiger partial charge in [0.1, 0.15) is 11.6 Å². The summed E-state index contributed by atoms with van der Waals surface area (Å²) >= 11 is 0. The number of para-hydroxylation sites is 1. The van der Waals surface area contributed by atoms with Crippen LogP contribution in [0.25, 0.3) is 17.1 Å². The van der Waals surface area contributed by atoms with Crippen LogP contribution in [0.3, 0.4) is 0 Å². The summed E-state index contributed by atoms with van der Waals surface area (Å²) in [5.41, 5.74) is 0.851. The molecule has 1 N–H and O–H groups in total. The normalized spacial score (nSPS) is 11.6. The van der Waals surface area contributed by atoms with Gasteiger partial charge in [-0.1, -0.05) is 12.1 Å². The molecule has 0 atom stereocenters. The monoisotopic (exact) mass is 348 g/mol. The van der Waals surface area contributed by atoms with Gasteiger partial charge < -0.3 is 9.84 Å². The third-order valence-electron chi connectivity index (χ3n) is 3.74. The predicted molar refractivity (Wildman–Crippen MR) is 86.5 cm³/mol. The molecule has 0 aliphatic heterocycles. The average molecular weight is 348 g/mol. The highest BCUT2D eigenvalue weighted by molar-refractivity contribution is 5.66. The summed E-state index contributed by atoms with van der Waals surface area (Å²) in [5, 5.41) is 9.39. The zero-order chi connectivity index (χ0) is 18.0. The summed E-state index contributed by atoms with van der Waals surface area (Å²) in [7, 11) is 1.52. The Morgan fingerprint density at radius 2 is 1.76 bits per heavy atom. The highest BCUT2D eigenvalue weighted by Crippen LogP contribution is 2.33. The van der Waals surface area contributed by atoms with Crippen molar-refractivity contribution >= 4 is 0 Å². The molecule has 25 heavy (non-hydrogen) atoms. The van der Waals surface area contributed by atoms with Crippen molar-refractivity contribution in [2.24, 2.45) is 0 Å². The third-order valence-corrected chi connectivity index (χ3v) is 3.74. The van der Waals surface area contributed by atoms with Crippen molar-refractivity contribution in [2.75, 3.05) is 7.11 Å². The van der Waals surface area contributed by atoms with Crippen LogP contribution in [-0.2, 0) is 12.8 Å². The van der Waals surface area contributed by atoms with Crippen LogP contribution in [0.4, 0.5) is 13.2 Å². The van der Waals surface area contributed by atoms with Gasteiger partial charge in [0, 0.05) is 11.9 Å². The molecule has 1 heterocycles. The van der Waals surface area contributed by atoms with E-state index in [1.807, 2.05) is 6.07 Å². The van der Waals surface area contributed by atoms with Crippen LogP contribution < -0.4 is 4.74 Å². The lowest BCUT2D eigenvalue weighted by Gasteiger charge is -2.12. The van der Waals surface area contributed by atoms with Crippen molar-refractivity contribution < 1.29 is 23.0 Å². The van der Waals surface area contributed by atoms with E-state index in [1.54, 1.807) is 29.0 Å². The van der Waals surface area contributed by atoms with E-state index in [1.165, 1.54) is 19.2 Å². The Labute approximate surface area is 142 Å². The van der Waals surface area contributed by atoms with Crippen LogP contribution in [0.5, 0.6) is 5.75 Å². The lowest BCUT2D eigenvalue weighted by molar-refractivity contribution is -0.137. The molecule has 0 unspecified atom stereocenters. The van der Waals surface area contributed by atoms with Gasteiger partial charge in [-0.3, -0.25) is 4.57 Å². The number of methoxy groups -OCH3 is 1. The van der Waals surface area contributed by atoms with Crippen molar-refractivity contribution in [3.05, 3.63) is 66.0 Å². The first kappa shape index (κ1) is 17.0. The number of rotatable bonds is 4. The molecule has 3 rings (SSSR count). The Morgan fingerprint density at radius 1 is 1.08 bits per heavy atom. The van der Waals surface area contributed by atoms with E-state index in [2.05, 4.69) is 4.98 Å². The summed E-state index contributed by atoms with van der Waals surface area (Å²) in [5.74, 6) is 1.05. The predicted octanol–water partition coefficient (Wildman–Crippen LogP) is 4.06. The maximum atomic E-state index is 12.8. The quantitative estimate of drug-likeness (QED) is 0.773. The molecule has 0 amide bonds. The van der Waals surface area contributed by atoms with Gasteiger partial charge in [0.2, 0.25) is 0 Å². The number of ether oxygens (including phenoxy) is 1. The van der Waals surface area contributed by atoms with Crippen molar-refractivity contribution in [3.63, 3.8) is 0 Å². The van der Waals surface area contributed by atoms with E-state index >= 15 is 0 Å². The number of alkyl halides is 3. The Morgan fingerprint density at radius 3 is 2.36 bits per heavy atom. The zero-order valence-electron chi connectivity index (χ0n) is 13.3. The number of halogens is 3. The molecule has 0 radical (unpaired) electrons. The molecule has 7 heteroatoms. The molecule has 130 valence electrons. The fourth-order valence-corrected chi connectivity index (χ4v) is 2.53. The first-order valence-electron chi connectivity index (χ1n) is 7.44. The molecular formula is C18H15F3N2O2. The van der Waals surface area contributed by atoms with Crippen LogP contribution in [0, 0.1) is 0 Å².